The Balaban J connectivity index is 1.87. The first-order valence-electron chi connectivity index (χ1n) is 7.32. The van der Waals surface area contributed by atoms with E-state index < -0.39 is 0 Å². The second kappa shape index (κ2) is 5.45. The van der Waals surface area contributed by atoms with E-state index in [-0.39, 0.29) is 6.04 Å². The molecule has 0 radical (unpaired) electrons. The molecular weight excluding hydrogens is 270 g/mol. The quantitative estimate of drug-likeness (QED) is 0.759. The number of hydrogen-bond acceptors (Lipinski definition) is 3. The minimum atomic E-state index is 0.0281. The van der Waals surface area contributed by atoms with Crippen LogP contribution in [0, 0.1) is 0 Å². The van der Waals surface area contributed by atoms with Crippen molar-refractivity contribution in [3.63, 3.8) is 0 Å². The van der Waals surface area contributed by atoms with Gasteiger partial charge in [-0.25, -0.2) is 9.98 Å². The Morgan fingerprint density at radius 2 is 1.50 bits per heavy atom. The number of hydrogen-bond donors (Lipinski definition) is 1. The first kappa shape index (κ1) is 12.8. The van der Waals surface area contributed by atoms with Gasteiger partial charge in [0.15, 0.2) is 5.82 Å². The zero-order valence-corrected chi connectivity index (χ0v) is 12.0. The third-order valence-electron chi connectivity index (χ3n) is 3.79. The zero-order valence-electron chi connectivity index (χ0n) is 12.0. The summed E-state index contributed by atoms with van der Waals surface area (Å²) in [5.74, 6) is 0.744. The molecule has 22 heavy (non-hydrogen) atoms. The minimum absolute atomic E-state index is 0.0281. The first-order valence-corrected chi connectivity index (χ1v) is 7.32. The van der Waals surface area contributed by atoms with Crippen molar-refractivity contribution in [3.8, 4) is 0 Å². The molecule has 3 nitrogen and oxygen atoms in total. The van der Waals surface area contributed by atoms with Gasteiger partial charge in [-0.15, -0.1) is 0 Å². The Labute approximate surface area is 129 Å². The van der Waals surface area contributed by atoms with Crippen molar-refractivity contribution in [3.05, 3.63) is 90.1 Å². The third-order valence-corrected chi connectivity index (χ3v) is 3.79. The Kier molecular flexibility index (Phi) is 3.16. The molecule has 1 unspecified atom stereocenters. The van der Waals surface area contributed by atoms with Gasteiger partial charge >= 0.3 is 0 Å². The number of nitrogens with zero attached hydrogens (tertiary/aromatic N) is 2. The fourth-order valence-electron chi connectivity index (χ4n) is 2.73. The lowest BCUT2D eigenvalue weighted by Crippen LogP contribution is -2.25. The average molecular weight is 285 g/mol. The van der Waals surface area contributed by atoms with Gasteiger partial charge in [-0.2, -0.15) is 0 Å². The highest BCUT2D eigenvalue weighted by Crippen LogP contribution is 2.34. The van der Waals surface area contributed by atoms with Crippen molar-refractivity contribution < 1.29 is 0 Å². The van der Waals surface area contributed by atoms with Crippen LogP contribution in [0.4, 0.5) is 11.5 Å². The maximum absolute atomic E-state index is 4.82. The van der Waals surface area contributed by atoms with E-state index in [9.17, 15) is 0 Å². The monoisotopic (exact) mass is 285 g/mol. The molecule has 106 valence electrons. The van der Waals surface area contributed by atoms with Crippen LogP contribution in [0.5, 0.6) is 0 Å². The summed E-state index contributed by atoms with van der Waals surface area (Å²) in [5, 5.41) is 3.57. The Morgan fingerprint density at radius 1 is 0.773 bits per heavy atom. The van der Waals surface area contributed by atoms with Crippen molar-refractivity contribution in [2.45, 2.75) is 6.04 Å². The number of nitrogens with one attached hydrogen (secondary N) is 1. The van der Waals surface area contributed by atoms with Crippen LogP contribution in [0.15, 0.2) is 84.0 Å². The summed E-state index contributed by atoms with van der Waals surface area (Å²) in [6.07, 6.45) is 1.77. The number of anilines is 1. The van der Waals surface area contributed by atoms with Crippen LogP contribution in [0.2, 0.25) is 0 Å². The van der Waals surface area contributed by atoms with E-state index in [1.165, 1.54) is 5.56 Å². The normalized spacial score (nSPS) is 16.4. The Bertz CT molecular complexity index is 810. The number of rotatable bonds is 2. The van der Waals surface area contributed by atoms with E-state index in [0.717, 1.165) is 22.8 Å². The maximum atomic E-state index is 4.82. The highest BCUT2D eigenvalue weighted by atomic mass is 15.1. The summed E-state index contributed by atoms with van der Waals surface area (Å²) >= 11 is 0. The molecule has 2 aromatic carbocycles. The van der Waals surface area contributed by atoms with E-state index >= 15 is 0 Å². The molecule has 1 aliphatic heterocycles. The predicted molar refractivity (Wildman–Crippen MR) is 89.7 cm³/mol. The van der Waals surface area contributed by atoms with Gasteiger partial charge in [0.25, 0.3) is 0 Å². The van der Waals surface area contributed by atoms with Crippen molar-refractivity contribution >= 4 is 17.2 Å². The molecule has 0 saturated heterocycles. The Morgan fingerprint density at radius 3 is 2.27 bits per heavy atom. The van der Waals surface area contributed by atoms with E-state index in [1.807, 2.05) is 36.4 Å². The molecule has 3 aromatic rings. The summed E-state index contributed by atoms with van der Waals surface area (Å²) in [6.45, 7) is 0. The van der Waals surface area contributed by atoms with Gasteiger partial charge in [-0.1, -0.05) is 60.7 Å². The lowest BCUT2D eigenvalue weighted by Gasteiger charge is -2.27. The summed E-state index contributed by atoms with van der Waals surface area (Å²) in [5.41, 5.74) is 4.27. The molecular formula is C19H15N3. The zero-order chi connectivity index (χ0) is 14.8. The standard InChI is InChI=1S/C19H15N3/c1-3-8-14(9-4-1)17-18(15-10-5-2-6-11-15)22-19-16(21-17)12-7-13-20-19/h1-13,17,21H. The van der Waals surface area contributed by atoms with Crippen molar-refractivity contribution in [1.82, 2.24) is 4.98 Å². The molecule has 3 heteroatoms. The largest absolute Gasteiger partial charge is 0.370 e. The van der Waals surface area contributed by atoms with E-state index in [2.05, 4.69) is 46.7 Å². The summed E-state index contributed by atoms with van der Waals surface area (Å²) in [4.78, 5) is 9.19. The first-order chi connectivity index (χ1) is 10.9. The van der Waals surface area contributed by atoms with E-state index in [0.29, 0.717) is 0 Å². The summed E-state index contributed by atoms with van der Waals surface area (Å²) < 4.78 is 0. The van der Waals surface area contributed by atoms with Crippen LogP contribution in [0.3, 0.4) is 0 Å². The average Bonchev–Trinajstić information content (AvgIpc) is 2.62. The van der Waals surface area contributed by atoms with Gasteiger partial charge in [0, 0.05) is 6.20 Å². The van der Waals surface area contributed by atoms with Gasteiger partial charge in [-0.05, 0) is 23.3 Å². The van der Waals surface area contributed by atoms with Crippen LogP contribution in [0.1, 0.15) is 17.2 Å². The van der Waals surface area contributed by atoms with Gasteiger partial charge < -0.3 is 5.32 Å². The smallest absolute Gasteiger partial charge is 0.175 e. The number of fused-ring (bicyclic) bond motifs is 1. The highest BCUT2D eigenvalue weighted by Gasteiger charge is 2.25. The molecule has 0 aliphatic carbocycles. The van der Waals surface area contributed by atoms with Crippen LogP contribution in [0.25, 0.3) is 0 Å². The molecule has 0 fully saturated rings. The fraction of sp³-hybridized carbons (Fsp3) is 0.0526. The van der Waals surface area contributed by atoms with Crippen molar-refractivity contribution in [2.75, 3.05) is 5.32 Å². The topological polar surface area (TPSA) is 37.3 Å². The summed E-state index contributed by atoms with van der Waals surface area (Å²) in [6, 6.07) is 24.6. The second-order valence-electron chi connectivity index (χ2n) is 5.23. The molecule has 0 amide bonds. The molecule has 0 bridgehead atoms. The van der Waals surface area contributed by atoms with Crippen LogP contribution in [-0.2, 0) is 0 Å². The minimum Gasteiger partial charge on any atom is -0.370 e. The molecule has 1 aromatic heterocycles. The van der Waals surface area contributed by atoms with E-state index in [1.54, 1.807) is 6.20 Å². The molecule has 1 atom stereocenters. The van der Waals surface area contributed by atoms with Gasteiger partial charge in [-0.3, -0.25) is 0 Å². The molecule has 1 N–H and O–H groups in total. The summed E-state index contributed by atoms with van der Waals surface area (Å²) in [7, 11) is 0. The van der Waals surface area contributed by atoms with E-state index in [4.69, 9.17) is 4.99 Å². The molecule has 0 saturated carbocycles. The number of aromatic nitrogens is 1. The lowest BCUT2D eigenvalue weighted by molar-refractivity contribution is 1.00. The van der Waals surface area contributed by atoms with Crippen molar-refractivity contribution in [2.24, 2.45) is 4.99 Å². The van der Waals surface area contributed by atoms with Gasteiger partial charge in [0.05, 0.1) is 17.4 Å². The van der Waals surface area contributed by atoms with Crippen molar-refractivity contribution in [1.29, 1.82) is 0 Å². The second-order valence-corrected chi connectivity index (χ2v) is 5.23. The lowest BCUT2D eigenvalue weighted by atomic mass is 9.95. The van der Waals surface area contributed by atoms with Gasteiger partial charge in [0.1, 0.15) is 0 Å². The predicted octanol–water partition coefficient (Wildman–Crippen LogP) is 4.37. The third kappa shape index (κ3) is 2.27. The molecule has 2 heterocycles. The fourth-order valence-corrected chi connectivity index (χ4v) is 2.73. The van der Waals surface area contributed by atoms with Crippen LogP contribution >= 0.6 is 0 Å². The molecule has 1 aliphatic rings. The van der Waals surface area contributed by atoms with Crippen LogP contribution < -0.4 is 5.32 Å². The number of benzene rings is 2. The molecule has 0 spiro atoms. The number of aliphatic imine (C=N–C) groups is 1. The number of pyridine rings is 1. The van der Waals surface area contributed by atoms with Gasteiger partial charge in [0.2, 0.25) is 0 Å². The van der Waals surface area contributed by atoms with Crippen LogP contribution in [-0.4, -0.2) is 10.7 Å². The highest BCUT2D eigenvalue weighted by molar-refractivity contribution is 6.09. The maximum Gasteiger partial charge on any atom is 0.175 e. The Hall–Kier alpha value is -2.94. The molecule has 4 rings (SSSR count). The SMILES string of the molecule is c1ccc(C2=Nc3ncccc3NC2c2ccccc2)cc1.